The number of aromatic amines is 1. The highest BCUT2D eigenvalue weighted by Crippen LogP contribution is 2.23. The van der Waals surface area contributed by atoms with E-state index in [1.165, 1.54) is 0 Å². The van der Waals surface area contributed by atoms with Crippen LogP contribution in [0.15, 0.2) is 47.3 Å². The lowest BCUT2D eigenvalue weighted by Gasteiger charge is -2.31. The minimum absolute atomic E-state index is 0.0603. The molecule has 1 aromatic heterocycles. The van der Waals surface area contributed by atoms with Gasteiger partial charge in [-0.05, 0) is 59.2 Å². The van der Waals surface area contributed by atoms with Gasteiger partial charge in [-0.25, -0.2) is 5.10 Å². The van der Waals surface area contributed by atoms with Crippen molar-refractivity contribution in [1.29, 1.82) is 0 Å². The highest BCUT2D eigenvalue weighted by Gasteiger charge is 2.25. The van der Waals surface area contributed by atoms with E-state index in [0.29, 0.717) is 30.5 Å². The highest BCUT2D eigenvalue weighted by atomic mass is 127. The van der Waals surface area contributed by atoms with Crippen molar-refractivity contribution in [3.63, 3.8) is 0 Å². The van der Waals surface area contributed by atoms with Crippen molar-refractivity contribution in [1.82, 2.24) is 15.1 Å². The third-order valence-electron chi connectivity index (χ3n) is 5.47. The van der Waals surface area contributed by atoms with E-state index < -0.39 is 0 Å². The largest absolute Gasteiger partial charge is 0.381 e. The summed E-state index contributed by atoms with van der Waals surface area (Å²) in [5.41, 5.74) is 2.31. The maximum atomic E-state index is 13.1. The number of ether oxygens (including phenoxy) is 1. The molecular formula is C22H22IN3O3. The van der Waals surface area contributed by atoms with Crippen LogP contribution in [0.3, 0.4) is 0 Å². The van der Waals surface area contributed by atoms with Gasteiger partial charge in [0.15, 0.2) is 0 Å². The molecule has 0 aliphatic carbocycles. The van der Waals surface area contributed by atoms with E-state index in [2.05, 4.69) is 32.8 Å². The summed E-state index contributed by atoms with van der Waals surface area (Å²) in [7, 11) is 1.73. The molecule has 3 aromatic rings. The second-order valence-corrected chi connectivity index (χ2v) is 8.43. The Labute approximate surface area is 182 Å². The number of nitrogens with zero attached hydrogens (tertiary/aromatic N) is 2. The lowest BCUT2D eigenvalue weighted by molar-refractivity contribution is 0.0350. The van der Waals surface area contributed by atoms with Crippen molar-refractivity contribution in [3.8, 4) is 0 Å². The lowest BCUT2D eigenvalue weighted by atomic mass is 10.0. The van der Waals surface area contributed by atoms with Crippen LogP contribution in [-0.2, 0) is 11.2 Å². The number of halogens is 1. The molecule has 0 atom stereocenters. The van der Waals surface area contributed by atoms with Crippen LogP contribution in [0.5, 0.6) is 0 Å². The molecule has 1 N–H and O–H groups in total. The summed E-state index contributed by atoms with van der Waals surface area (Å²) in [4.78, 5) is 27.0. The van der Waals surface area contributed by atoms with E-state index >= 15 is 0 Å². The minimum Gasteiger partial charge on any atom is -0.381 e. The summed E-state index contributed by atoms with van der Waals surface area (Å²) in [6.45, 7) is 1.42. The normalized spacial score (nSPS) is 15.0. The third kappa shape index (κ3) is 4.20. The number of H-pyrrole nitrogens is 1. The smallest absolute Gasteiger partial charge is 0.272 e. The summed E-state index contributed by atoms with van der Waals surface area (Å²) in [5, 5.41) is 8.30. The Morgan fingerprint density at radius 3 is 2.66 bits per heavy atom. The molecule has 0 bridgehead atoms. The van der Waals surface area contributed by atoms with E-state index in [4.69, 9.17) is 4.74 Å². The maximum Gasteiger partial charge on any atom is 0.272 e. The van der Waals surface area contributed by atoms with E-state index in [1.54, 1.807) is 13.2 Å². The zero-order valence-electron chi connectivity index (χ0n) is 16.2. The first-order valence-corrected chi connectivity index (χ1v) is 10.7. The SMILES string of the molecule is COC1CCN(C(=O)c2cc(Cc3n[nH]c(=O)c4ccccc34)ccc2I)CC1. The molecule has 150 valence electrons. The molecule has 29 heavy (non-hydrogen) atoms. The Kier molecular flexibility index (Phi) is 5.96. The first-order valence-electron chi connectivity index (χ1n) is 9.63. The van der Waals surface area contributed by atoms with Crippen LogP contribution in [-0.4, -0.2) is 47.3 Å². The van der Waals surface area contributed by atoms with E-state index in [0.717, 1.165) is 33.1 Å². The number of fused-ring (bicyclic) bond motifs is 1. The monoisotopic (exact) mass is 503 g/mol. The Morgan fingerprint density at radius 1 is 1.21 bits per heavy atom. The molecule has 2 heterocycles. The molecule has 1 aliphatic rings. The predicted molar refractivity (Wildman–Crippen MR) is 120 cm³/mol. The van der Waals surface area contributed by atoms with Gasteiger partial charge in [-0.15, -0.1) is 0 Å². The Hall–Kier alpha value is -2.26. The number of methoxy groups -OCH3 is 1. The van der Waals surface area contributed by atoms with Gasteiger partial charge in [0.25, 0.3) is 11.5 Å². The van der Waals surface area contributed by atoms with Crippen molar-refractivity contribution >= 4 is 39.3 Å². The maximum absolute atomic E-state index is 13.1. The number of carbonyl (C=O) groups is 1. The summed E-state index contributed by atoms with van der Waals surface area (Å²) in [5.74, 6) is 0.0603. The number of aromatic nitrogens is 2. The lowest BCUT2D eigenvalue weighted by Crippen LogP contribution is -2.40. The predicted octanol–water partition coefficient (Wildman–Crippen LogP) is 3.37. The fourth-order valence-electron chi connectivity index (χ4n) is 3.81. The fraction of sp³-hybridized carbons (Fsp3) is 0.318. The van der Waals surface area contributed by atoms with E-state index in [9.17, 15) is 9.59 Å². The number of hydrogen-bond donors (Lipinski definition) is 1. The van der Waals surface area contributed by atoms with Crippen molar-refractivity contribution in [3.05, 3.63) is 73.2 Å². The zero-order valence-corrected chi connectivity index (χ0v) is 18.3. The number of benzene rings is 2. The van der Waals surface area contributed by atoms with Crippen LogP contribution in [0.25, 0.3) is 10.8 Å². The van der Waals surface area contributed by atoms with Gasteiger partial charge in [-0.1, -0.05) is 24.3 Å². The van der Waals surface area contributed by atoms with Crippen LogP contribution < -0.4 is 5.56 Å². The Morgan fingerprint density at radius 2 is 1.93 bits per heavy atom. The molecule has 0 saturated carbocycles. The molecule has 4 rings (SSSR count). The van der Waals surface area contributed by atoms with Gasteiger partial charge in [-0.2, -0.15) is 5.10 Å². The standard InChI is InChI=1S/C22H22IN3O3/c1-29-15-8-10-26(11-9-15)22(28)18-12-14(6-7-19(18)23)13-20-16-4-2-3-5-17(16)21(27)25-24-20/h2-7,12,15H,8-11,13H2,1H3,(H,25,27). The number of hydrogen-bond acceptors (Lipinski definition) is 4. The molecule has 1 aliphatic heterocycles. The van der Waals surface area contributed by atoms with Gasteiger partial charge < -0.3 is 9.64 Å². The number of nitrogens with one attached hydrogen (secondary N) is 1. The van der Waals surface area contributed by atoms with Crippen molar-refractivity contribution in [2.75, 3.05) is 20.2 Å². The average Bonchev–Trinajstić information content (AvgIpc) is 2.77. The van der Waals surface area contributed by atoms with Crippen molar-refractivity contribution < 1.29 is 9.53 Å². The average molecular weight is 503 g/mol. The van der Waals surface area contributed by atoms with Gasteiger partial charge in [0, 0.05) is 35.6 Å². The van der Waals surface area contributed by atoms with E-state index in [-0.39, 0.29) is 17.6 Å². The van der Waals surface area contributed by atoms with Gasteiger partial charge in [0.2, 0.25) is 0 Å². The molecule has 1 saturated heterocycles. The number of amides is 1. The van der Waals surface area contributed by atoms with Crippen LogP contribution >= 0.6 is 22.6 Å². The zero-order chi connectivity index (χ0) is 20.4. The van der Waals surface area contributed by atoms with Crippen LogP contribution in [0.2, 0.25) is 0 Å². The molecule has 7 heteroatoms. The van der Waals surface area contributed by atoms with Crippen LogP contribution in [0.1, 0.15) is 34.5 Å². The number of likely N-dealkylation sites (tertiary alicyclic amines) is 1. The van der Waals surface area contributed by atoms with E-state index in [1.807, 2.05) is 41.3 Å². The minimum atomic E-state index is -0.192. The highest BCUT2D eigenvalue weighted by molar-refractivity contribution is 14.1. The van der Waals surface area contributed by atoms with Gasteiger partial charge in [0.05, 0.1) is 22.7 Å². The Bertz CT molecular complexity index is 1100. The fourth-order valence-corrected chi connectivity index (χ4v) is 4.38. The topological polar surface area (TPSA) is 75.3 Å². The first-order chi connectivity index (χ1) is 14.1. The quantitative estimate of drug-likeness (QED) is 0.555. The van der Waals surface area contributed by atoms with Gasteiger partial charge >= 0.3 is 0 Å². The summed E-state index contributed by atoms with van der Waals surface area (Å²) < 4.78 is 6.34. The number of carbonyl (C=O) groups excluding carboxylic acids is 1. The van der Waals surface area contributed by atoms with Crippen LogP contribution in [0, 0.1) is 3.57 Å². The summed E-state index contributed by atoms with van der Waals surface area (Å²) in [6, 6.07) is 13.4. The molecular weight excluding hydrogens is 481 g/mol. The summed E-state index contributed by atoms with van der Waals surface area (Å²) in [6.07, 6.45) is 2.52. The Balaban J connectivity index is 1.60. The molecule has 0 radical (unpaired) electrons. The van der Waals surface area contributed by atoms with Crippen molar-refractivity contribution in [2.45, 2.75) is 25.4 Å². The van der Waals surface area contributed by atoms with Gasteiger partial charge in [0.1, 0.15) is 0 Å². The summed E-state index contributed by atoms with van der Waals surface area (Å²) >= 11 is 2.21. The third-order valence-corrected chi connectivity index (χ3v) is 6.41. The van der Waals surface area contributed by atoms with Crippen LogP contribution in [0.4, 0.5) is 0 Å². The second kappa shape index (κ2) is 8.62. The molecule has 1 amide bonds. The molecule has 2 aromatic carbocycles. The first kappa shape index (κ1) is 20.0. The number of piperidine rings is 1. The molecule has 0 spiro atoms. The molecule has 1 fully saturated rings. The molecule has 6 nitrogen and oxygen atoms in total. The second-order valence-electron chi connectivity index (χ2n) is 7.26. The number of rotatable bonds is 4. The van der Waals surface area contributed by atoms with Gasteiger partial charge in [-0.3, -0.25) is 9.59 Å². The van der Waals surface area contributed by atoms with Crippen molar-refractivity contribution in [2.24, 2.45) is 0 Å². The molecule has 0 unspecified atom stereocenters.